The lowest BCUT2D eigenvalue weighted by Crippen LogP contribution is -2.30. The second-order valence-electron chi connectivity index (χ2n) is 6.91. The summed E-state index contributed by atoms with van der Waals surface area (Å²) in [5.74, 6) is 0.281. The van der Waals surface area contributed by atoms with Gasteiger partial charge in [0.2, 0.25) is 23.5 Å². The molecule has 31 heavy (non-hydrogen) atoms. The molecule has 0 saturated carbocycles. The maximum Gasteiger partial charge on any atom is 0.324 e. The van der Waals surface area contributed by atoms with Gasteiger partial charge in [-0.2, -0.15) is 4.98 Å². The first-order chi connectivity index (χ1) is 15.0. The smallest absolute Gasteiger partial charge is 0.324 e. The Morgan fingerprint density at radius 3 is 2.74 bits per heavy atom. The number of hydrogen-bond donors (Lipinski definition) is 2. The summed E-state index contributed by atoms with van der Waals surface area (Å²) in [6.07, 6.45) is 0.439. The van der Waals surface area contributed by atoms with E-state index in [2.05, 4.69) is 20.8 Å². The second kappa shape index (κ2) is 8.97. The zero-order valence-electron chi connectivity index (χ0n) is 16.3. The maximum absolute atomic E-state index is 12.3. The first kappa shape index (κ1) is 20.5. The summed E-state index contributed by atoms with van der Waals surface area (Å²) >= 11 is 5.88. The van der Waals surface area contributed by atoms with Crippen molar-refractivity contribution in [3.8, 4) is 11.4 Å². The highest BCUT2D eigenvalue weighted by atomic mass is 35.5. The quantitative estimate of drug-likeness (QED) is 0.546. The zero-order chi connectivity index (χ0) is 21.8. The van der Waals surface area contributed by atoms with E-state index >= 15 is 0 Å². The molecule has 0 aliphatic carbocycles. The van der Waals surface area contributed by atoms with Crippen LogP contribution in [0.3, 0.4) is 0 Å². The third-order valence-electron chi connectivity index (χ3n) is 4.62. The van der Waals surface area contributed by atoms with Crippen molar-refractivity contribution < 1.29 is 18.9 Å². The number of rotatable bonds is 7. The first-order valence-corrected chi connectivity index (χ1v) is 9.91. The summed E-state index contributed by atoms with van der Waals surface area (Å²) < 4.78 is 5.21. The van der Waals surface area contributed by atoms with Crippen LogP contribution in [0.25, 0.3) is 11.4 Å². The number of aromatic nitrogens is 2. The second-order valence-corrected chi connectivity index (χ2v) is 7.34. The van der Waals surface area contributed by atoms with Crippen LogP contribution in [-0.2, 0) is 22.6 Å². The fourth-order valence-electron chi connectivity index (χ4n) is 3.06. The van der Waals surface area contributed by atoms with Crippen LogP contribution in [0.5, 0.6) is 0 Å². The van der Waals surface area contributed by atoms with E-state index in [4.69, 9.17) is 16.1 Å². The van der Waals surface area contributed by atoms with Crippen molar-refractivity contribution >= 4 is 35.1 Å². The molecule has 2 N–H and O–H groups in total. The van der Waals surface area contributed by atoms with Gasteiger partial charge in [0.15, 0.2) is 0 Å². The number of hydrogen-bond acceptors (Lipinski definition) is 6. The van der Waals surface area contributed by atoms with Gasteiger partial charge in [0.25, 0.3) is 0 Å². The molecule has 1 aliphatic heterocycles. The van der Waals surface area contributed by atoms with Gasteiger partial charge in [0, 0.05) is 29.1 Å². The lowest BCUT2D eigenvalue weighted by molar-refractivity contribution is -0.125. The largest absolute Gasteiger partial charge is 0.339 e. The van der Waals surface area contributed by atoms with Gasteiger partial charge >= 0.3 is 6.03 Å². The molecule has 0 radical (unpaired) electrons. The SMILES string of the molecule is O=C(CCc1nc(-c2ccc(Cl)cc2)no1)Nc1cccc(CN2C(=O)CNC2=O)c1. The Bertz CT molecular complexity index is 1110. The van der Waals surface area contributed by atoms with Crippen LogP contribution < -0.4 is 10.6 Å². The van der Waals surface area contributed by atoms with E-state index < -0.39 is 6.03 Å². The molecule has 1 saturated heterocycles. The van der Waals surface area contributed by atoms with Gasteiger partial charge in [-0.05, 0) is 42.0 Å². The monoisotopic (exact) mass is 439 g/mol. The molecule has 0 atom stereocenters. The third kappa shape index (κ3) is 5.07. The van der Waals surface area contributed by atoms with Crippen LogP contribution in [0.4, 0.5) is 10.5 Å². The van der Waals surface area contributed by atoms with E-state index in [-0.39, 0.29) is 37.7 Å². The average Bonchev–Trinajstić information content (AvgIpc) is 3.35. The molecule has 4 rings (SSSR count). The van der Waals surface area contributed by atoms with E-state index in [1.54, 1.807) is 48.5 Å². The summed E-state index contributed by atoms with van der Waals surface area (Å²) in [5, 5.41) is 9.81. The molecule has 1 aliphatic rings. The number of carbonyl (C=O) groups excluding carboxylic acids is 3. The minimum atomic E-state index is -0.419. The van der Waals surface area contributed by atoms with Gasteiger partial charge in [-0.25, -0.2) is 4.79 Å². The number of nitrogens with zero attached hydrogens (tertiary/aromatic N) is 3. The Labute approximate surface area is 182 Å². The van der Waals surface area contributed by atoms with Crippen LogP contribution in [-0.4, -0.2) is 39.4 Å². The highest BCUT2D eigenvalue weighted by Gasteiger charge is 2.28. The fourth-order valence-corrected chi connectivity index (χ4v) is 3.19. The number of amides is 4. The molecule has 2 heterocycles. The predicted octanol–water partition coefficient (Wildman–Crippen LogP) is 3.01. The van der Waals surface area contributed by atoms with Crippen molar-refractivity contribution in [2.24, 2.45) is 0 Å². The first-order valence-electron chi connectivity index (χ1n) is 9.53. The van der Waals surface area contributed by atoms with Crippen LogP contribution in [0.2, 0.25) is 5.02 Å². The lowest BCUT2D eigenvalue weighted by Gasteiger charge is -2.13. The topological polar surface area (TPSA) is 117 Å². The molecule has 3 aromatic rings. The van der Waals surface area contributed by atoms with E-state index in [1.807, 2.05) is 0 Å². The number of aryl methyl sites for hydroxylation is 1. The van der Waals surface area contributed by atoms with Gasteiger partial charge < -0.3 is 15.2 Å². The Kier molecular flexibility index (Phi) is 5.94. The van der Waals surface area contributed by atoms with Crippen molar-refractivity contribution in [1.29, 1.82) is 0 Å². The summed E-state index contributed by atoms with van der Waals surface area (Å²) in [5.41, 5.74) is 2.07. The number of carbonyl (C=O) groups is 3. The van der Waals surface area contributed by atoms with Gasteiger partial charge in [-0.3, -0.25) is 14.5 Å². The molecule has 1 aromatic heterocycles. The number of imide groups is 1. The van der Waals surface area contributed by atoms with Crippen LogP contribution in [0.1, 0.15) is 17.9 Å². The molecular formula is C21H18ClN5O4. The zero-order valence-corrected chi connectivity index (χ0v) is 17.1. The Morgan fingerprint density at radius 1 is 1.19 bits per heavy atom. The third-order valence-corrected chi connectivity index (χ3v) is 4.88. The number of nitrogens with one attached hydrogen (secondary N) is 2. The number of anilines is 1. The Morgan fingerprint density at radius 2 is 2.00 bits per heavy atom. The standard InChI is InChI=1S/C21H18ClN5O4/c22-15-6-4-14(5-7-15)20-25-18(31-26-20)9-8-17(28)24-16-3-1-2-13(10-16)12-27-19(29)11-23-21(27)30/h1-7,10H,8-9,11-12H2,(H,23,30)(H,24,28). The Hall–Kier alpha value is -3.72. The van der Waals surface area contributed by atoms with Gasteiger partial charge in [0.1, 0.15) is 0 Å². The number of halogens is 1. The summed E-state index contributed by atoms with van der Waals surface area (Å²) in [6.45, 7) is 0.147. The van der Waals surface area contributed by atoms with Gasteiger partial charge in [-0.1, -0.05) is 28.9 Å². The number of benzene rings is 2. The molecule has 4 amide bonds. The lowest BCUT2D eigenvalue weighted by atomic mass is 10.2. The molecule has 0 spiro atoms. The maximum atomic E-state index is 12.3. The molecule has 1 fully saturated rings. The normalized spacial score (nSPS) is 13.4. The molecule has 10 heteroatoms. The average molecular weight is 440 g/mol. The van der Waals surface area contributed by atoms with Crippen molar-refractivity contribution in [3.05, 3.63) is 65.0 Å². The molecule has 0 bridgehead atoms. The molecule has 0 unspecified atom stereocenters. The summed E-state index contributed by atoms with van der Waals surface area (Å²) in [4.78, 5) is 41.2. The van der Waals surface area contributed by atoms with Gasteiger partial charge in [0.05, 0.1) is 13.1 Å². The van der Waals surface area contributed by atoms with E-state index in [0.717, 1.165) is 16.0 Å². The van der Waals surface area contributed by atoms with E-state index in [1.165, 1.54) is 0 Å². The van der Waals surface area contributed by atoms with Crippen molar-refractivity contribution in [3.63, 3.8) is 0 Å². The van der Waals surface area contributed by atoms with Crippen LogP contribution in [0, 0.1) is 0 Å². The fraction of sp³-hybridized carbons (Fsp3) is 0.190. The van der Waals surface area contributed by atoms with Gasteiger partial charge in [-0.15, -0.1) is 0 Å². The van der Waals surface area contributed by atoms with E-state index in [0.29, 0.717) is 22.4 Å². The predicted molar refractivity (Wildman–Crippen MR) is 112 cm³/mol. The van der Waals surface area contributed by atoms with E-state index in [9.17, 15) is 14.4 Å². The highest BCUT2D eigenvalue weighted by molar-refractivity contribution is 6.30. The molecular weight excluding hydrogens is 422 g/mol. The summed E-state index contributed by atoms with van der Waals surface area (Å²) in [6, 6.07) is 13.6. The van der Waals surface area contributed by atoms with Crippen LogP contribution in [0.15, 0.2) is 53.1 Å². The highest BCUT2D eigenvalue weighted by Crippen LogP contribution is 2.19. The van der Waals surface area contributed by atoms with Crippen molar-refractivity contribution in [1.82, 2.24) is 20.4 Å². The Balaban J connectivity index is 1.32. The molecule has 158 valence electrons. The molecule has 9 nitrogen and oxygen atoms in total. The minimum absolute atomic E-state index is 0.00463. The molecule has 2 aromatic carbocycles. The van der Waals surface area contributed by atoms with Crippen molar-refractivity contribution in [2.45, 2.75) is 19.4 Å². The summed E-state index contributed by atoms with van der Waals surface area (Å²) in [7, 11) is 0. The van der Waals surface area contributed by atoms with Crippen molar-refractivity contribution in [2.75, 3.05) is 11.9 Å². The number of urea groups is 1. The van der Waals surface area contributed by atoms with Crippen LogP contribution >= 0.6 is 11.6 Å². The minimum Gasteiger partial charge on any atom is -0.339 e.